The van der Waals surface area contributed by atoms with Gasteiger partial charge in [0.05, 0.1) is 0 Å². The molecule has 7 nitrogen and oxygen atoms in total. The fraction of sp³-hybridized carbons (Fsp3) is 0.476. The van der Waals surface area contributed by atoms with Crippen LogP contribution in [0.4, 0.5) is 0 Å². The van der Waals surface area contributed by atoms with Gasteiger partial charge in [0.2, 0.25) is 0 Å². The van der Waals surface area contributed by atoms with Crippen LogP contribution in [0.25, 0.3) is 0 Å². The number of fused-ring (bicyclic) bond motifs is 1. The first-order chi connectivity index (χ1) is 13.6. The first-order valence-corrected chi connectivity index (χ1v) is 9.93. The molecule has 1 aromatic heterocycles. The van der Waals surface area contributed by atoms with E-state index in [1.165, 1.54) is 0 Å². The van der Waals surface area contributed by atoms with Crippen LogP contribution in [-0.4, -0.2) is 45.7 Å². The van der Waals surface area contributed by atoms with Crippen LogP contribution in [0.3, 0.4) is 0 Å². The molecule has 0 radical (unpaired) electrons. The average Bonchev–Trinajstić information content (AvgIpc) is 3.34. The summed E-state index contributed by atoms with van der Waals surface area (Å²) in [4.78, 5) is 27.1. The number of carbonyl (C=O) groups excluding carboxylic acids is 2. The lowest BCUT2D eigenvalue weighted by atomic mass is 10.0. The van der Waals surface area contributed by atoms with E-state index in [0.717, 1.165) is 36.9 Å². The molecular formula is C21H26N4O3. The fourth-order valence-corrected chi connectivity index (χ4v) is 4.06. The number of amides is 2. The number of benzene rings is 1. The van der Waals surface area contributed by atoms with E-state index in [0.29, 0.717) is 31.0 Å². The molecule has 148 valence electrons. The van der Waals surface area contributed by atoms with Crippen LogP contribution in [0.15, 0.2) is 30.3 Å². The van der Waals surface area contributed by atoms with Crippen molar-refractivity contribution in [2.24, 2.45) is 7.05 Å². The average molecular weight is 382 g/mol. The van der Waals surface area contributed by atoms with E-state index in [-0.39, 0.29) is 24.5 Å². The lowest BCUT2D eigenvalue weighted by molar-refractivity contribution is -0.134. The van der Waals surface area contributed by atoms with Crippen molar-refractivity contribution >= 4 is 11.8 Å². The van der Waals surface area contributed by atoms with Gasteiger partial charge in [0, 0.05) is 43.9 Å². The minimum absolute atomic E-state index is 0.0107. The Morgan fingerprint density at radius 1 is 1.21 bits per heavy atom. The molecule has 28 heavy (non-hydrogen) atoms. The Morgan fingerprint density at radius 3 is 2.71 bits per heavy atom. The summed E-state index contributed by atoms with van der Waals surface area (Å²) in [6, 6.07) is 9.55. The van der Waals surface area contributed by atoms with E-state index in [1.54, 1.807) is 9.58 Å². The molecule has 2 aromatic rings. The molecule has 1 N–H and O–H groups in total. The second-order valence-electron chi connectivity index (χ2n) is 7.52. The summed E-state index contributed by atoms with van der Waals surface area (Å²) in [5.74, 6) is 0.464. The number of aromatic nitrogens is 2. The van der Waals surface area contributed by atoms with E-state index < -0.39 is 0 Å². The standard InChI is InChI=1S/C21H26N4O3/c1-24-18-11-12-25(19(26)14-28-16-9-3-2-4-10-16)13-17(18)20(23-24)21(27)22-15-7-5-6-8-15/h2-4,9-10,15H,5-8,11-14H2,1H3,(H,22,27). The van der Waals surface area contributed by atoms with Crippen LogP contribution >= 0.6 is 0 Å². The zero-order valence-electron chi connectivity index (χ0n) is 16.2. The summed E-state index contributed by atoms with van der Waals surface area (Å²) in [6.07, 6.45) is 5.07. The summed E-state index contributed by atoms with van der Waals surface area (Å²) in [6.45, 7) is 0.990. The zero-order valence-corrected chi connectivity index (χ0v) is 16.2. The second kappa shape index (κ2) is 8.04. The Bertz CT molecular complexity index is 856. The molecule has 1 saturated carbocycles. The second-order valence-corrected chi connectivity index (χ2v) is 7.52. The number of aryl methyl sites for hydroxylation is 1. The summed E-state index contributed by atoms with van der Waals surface area (Å²) in [7, 11) is 1.86. The van der Waals surface area contributed by atoms with Crippen LogP contribution in [0, 0.1) is 0 Å². The number of ether oxygens (including phenoxy) is 1. The highest BCUT2D eigenvalue weighted by molar-refractivity contribution is 5.94. The molecule has 0 atom stereocenters. The molecule has 4 rings (SSSR count). The van der Waals surface area contributed by atoms with Crippen molar-refractivity contribution in [3.05, 3.63) is 47.3 Å². The van der Waals surface area contributed by atoms with Crippen LogP contribution in [0.1, 0.15) is 47.4 Å². The highest BCUT2D eigenvalue weighted by Gasteiger charge is 2.30. The molecular weight excluding hydrogens is 356 g/mol. The third kappa shape index (κ3) is 3.88. The Labute approximate surface area is 164 Å². The molecule has 1 fully saturated rings. The first-order valence-electron chi connectivity index (χ1n) is 9.93. The van der Waals surface area contributed by atoms with Gasteiger partial charge in [-0.05, 0) is 25.0 Å². The Kier molecular flexibility index (Phi) is 5.32. The van der Waals surface area contributed by atoms with Gasteiger partial charge >= 0.3 is 0 Å². The minimum atomic E-state index is -0.126. The summed E-state index contributed by atoms with van der Waals surface area (Å²) in [5, 5.41) is 7.56. The summed E-state index contributed by atoms with van der Waals surface area (Å²) >= 11 is 0. The van der Waals surface area contributed by atoms with Gasteiger partial charge in [-0.1, -0.05) is 31.0 Å². The van der Waals surface area contributed by atoms with Gasteiger partial charge in [-0.3, -0.25) is 14.3 Å². The number of para-hydroxylation sites is 1. The molecule has 1 aliphatic carbocycles. The van der Waals surface area contributed by atoms with Crippen molar-refractivity contribution < 1.29 is 14.3 Å². The minimum Gasteiger partial charge on any atom is -0.484 e. The monoisotopic (exact) mass is 382 g/mol. The molecule has 2 heterocycles. The number of nitrogens with one attached hydrogen (secondary N) is 1. The van der Waals surface area contributed by atoms with E-state index in [2.05, 4.69) is 10.4 Å². The molecule has 2 aliphatic rings. The number of rotatable bonds is 5. The SMILES string of the molecule is Cn1nc(C(=O)NC2CCCC2)c2c1CCN(C(=O)COc1ccccc1)C2. The molecule has 0 saturated heterocycles. The lowest BCUT2D eigenvalue weighted by Crippen LogP contribution is -2.40. The van der Waals surface area contributed by atoms with Gasteiger partial charge in [0.15, 0.2) is 12.3 Å². The number of hydrogen-bond donors (Lipinski definition) is 1. The Hall–Kier alpha value is -2.83. The Balaban J connectivity index is 1.43. The first kappa shape index (κ1) is 18.5. The normalized spacial score (nSPS) is 16.7. The van der Waals surface area contributed by atoms with Crippen molar-refractivity contribution in [1.29, 1.82) is 0 Å². The maximum absolute atomic E-state index is 12.8. The highest BCUT2D eigenvalue weighted by Crippen LogP contribution is 2.24. The Morgan fingerprint density at radius 2 is 1.96 bits per heavy atom. The molecule has 0 spiro atoms. The van der Waals surface area contributed by atoms with Crippen LogP contribution in [0.2, 0.25) is 0 Å². The van der Waals surface area contributed by atoms with Crippen molar-refractivity contribution in [3.8, 4) is 5.75 Å². The molecule has 0 unspecified atom stereocenters. The van der Waals surface area contributed by atoms with Gasteiger partial charge in [-0.2, -0.15) is 5.10 Å². The maximum atomic E-state index is 12.8. The van der Waals surface area contributed by atoms with E-state index >= 15 is 0 Å². The molecule has 0 bridgehead atoms. The number of nitrogens with zero attached hydrogens (tertiary/aromatic N) is 3. The predicted molar refractivity (Wildman–Crippen MR) is 104 cm³/mol. The largest absolute Gasteiger partial charge is 0.484 e. The van der Waals surface area contributed by atoms with Gasteiger partial charge in [-0.15, -0.1) is 0 Å². The smallest absolute Gasteiger partial charge is 0.272 e. The topological polar surface area (TPSA) is 76.5 Å². The number of hydrogen-bond acceptors (Lipinski definition) is 4. The summed E-state index contributed by atoms with van der Waals surface area (Å²) < 4.78 is 7.37. The van der Waals surface area contributed by atoms with Crippen molar-refractivity contribution in [2.45, 2.75) is 44.7 Å². The molecule has 1 aliphatic heterocycles. The van der Waals surface area contributed by atoms with Crippen molar-refractivity contribution in [2.75, 3.05) is 13.2 Å². The highest BCUT2D eigenvalue weighted by atomic mass is 16.5. The fourth-order valence-electron chi connectivity index (χ4n) is 4.06. The molecule has 2 amide bonds. The lowest BCUT2D eigenvalue weighted by Gasteiger charge is -2.27. The maximum Gasteiger partial charge on any atom is 0.272 e. The summed E-state index contributed by atoms with van der Waals surface area (Å²) in [5.41, 5.74) is 2.34. The van der Waals surface area contributed by atoms with Crippen LogP contribution in [-0.2, 0) is 24.8 Å². The van der Waals surface area contributed by atoms with Gasteiger partial charge in [0.25, 0.3) is 11.8 Å². The predicted octanol–water partition coefficient (Wildman–Crippen LogP) is 2.06. The van der Waals surface area contributed by atoms with Gasteiger partial charge < -0.3 is 15.0 Å². The van der Waals surface area contributed by atoms with Gasteiger partial charge in [0.1, 0.15) is 5.75 Å². The van der Waals surface area contributed by atoms with E-state index in [9.17, 15) is 9.59 Å². The van der Waals surface area contributed by atoms with Crippen LogP contribution in [0.5, 0.6) is 5.75 Å². The van der Waals surface area contributed by atoms with E-state index in [4.69, 9.17) is 4.74 Å². The molecule has 1 aromatic carbocycles. The molecule has 7 heteroatoms. The quantitative estimate of drug-likeness (QED) is 0.859. The van der Waals surface area contributed by atoms with Crippen molar-refractivity contribution in [3.63, 3.8) is 0 Å². The zero-order chi connectivity index (χ0) is 19.5. The third-order valence-corrected chi connectivity index (χ3v) is 5.61. The van der Waals surface area contributed by atoms with Gasteiger partial charge in [-0.25, -0.2) is 0 Å². The van der Waals surface area contributed by atoms with Crippen molar-refractivity contribution in [1.82, 2.24) is 20.0 Å². The third-order valence-electron chi connectivity index (χ3n) is 5.61. The number of carbonyl (C=O) groups is 2. The van der Waals surface area contributed by atoms with Crippen LogP contribution < -0.4 is 10.1 Å². The van der Waals surface area contributed by atoms with E-state index in [1.807, 2.05) is 37.4 Å².